The average Bonchev–Trinajstić information content (AvgIpc) is 2.75. The largest absolute Gasteiger partial charge is 0.382 e. The molecule has 0 radical (unpaired) electrons. The monoisotopic (exact) mass is 190 g/mol. The summed E-state index contributed by atoms with van der Waals surface area (Å²) in [6.07, 6.45) is 1.27. The second-order valence-electron chi connectivity index (χ2n) is 4.79. The second-order valence-corrected chi connectivity index (χ2v) is 4.79. The van der Waals surface area contributed by atoms with E-state index in [1.54, 1.807) is 0 Å². The molecule has 1 saturated carbocycles. The first-order chi connectivity index (χ1) is 6.62. The third kappa shape index (κ3) is 1.90. The van der Waals surface area contributed by atoms with Gasteiger partial charge in [0.05, 0.1) is 0 Å². The van der Waals surface area contributed by atoms with E-state index < -0.39 is 0 Å². The molecule has 1 aliphatic rings. The third-order valence-electron chi connectivity index (χ3n) is 3.04. The molecule has 3 N–H and O–H groups in total. The highest BCUT2D eigenvalue weighted by molar-refractivity contribution is 5.47. The number of nitrogens with one attached hydrogen (secondary N) is 1. The number of hydrogen-bond donors (Lipinski definition) is 2. The van der Waals surface area contributed by atoms with E-state index >= 15 is 0 Å². The zero-order valence-corrected chi connectivity index (χ0v) is 8.88. The van der Waals surface area contributed by atoms with Crippen molar-refractivity contribution in [3.05, 3.63) is 29.8 Å². The van der Waals surface area contributed by atoms with Crippen molar-refractivity contribution in [1.29, 1.82) is 0 Å². The maximum Gasteiger partial charge on any atom is 0.0342 e. The van der Waals surface area contributed by atoms with Crippen LogP contribution < -0.4 is 11.1 Å². The standard InChI is InChI=1S/C12H18N2/c1-12(2)7-11(12)14-10-5-3-9(8-13)4-6-10/h3-6,11,14H,7-8,13H2,1-2H3. The Labute approximate surface area is 85.5 Å². The maximum atomic E-state index is 5.54. The molecule has 14 heavy (non-hydrogen) atoms. The summed E-state index contributed by atoms with van der Waals surface area (Å²) in [5.74, 6) is 0. The Balaban J connectivity index is 1.98. The fourth-order valence-electron chi connectivity index (χ4n) is 1.65. The van der Waals surface area contributed by atoms with Crippen LogP contribution in [-0.4, -0.2) is 6.04 Å². The molecular formula is C12H18N2. The van der Waals surface area contributed by atoms with Gasteiger partial charge in [-0.1, -0.05) is 26.0 Å². The molecule has 2 heteroatoms. The minimum Gasteiger partial charge on any atom is -0.382 e. The lowest BCUT2D eigenvalue weighted by Crippen LogP contribution is -2.08. The first kappa shape index (κ1) is 9.53. The van der Waals surface area contributed by atoms with E-state index in [0.29, 0.717) is 18.0 Å². The summed E-state index contributed by atoms with van der Waals surface area (Å²) in [6.45, 7) is 5.20. The van der Waals surface area contributed by atoms with Crippen LogP contribution in [0.2, 0.25) is 0 Å². The molecular weight excluding hydrogens is 172 g/mol. The first-order valence-electron chi connectivity index (χ1n) is 5.17. The lowest BCUT2D eigenvalue weighted by molar-refractivity contribution is 0.630. The van der Waals surface area contributed by atoms with Crippen molar-refractivity contribution in [2.75, 3.05) is 5.32 Å². The smallest absolute Gasteiger partial charge is 0.0342 e. The highest BCUT2D eigenvalue weighted by Gasteiger charge is 2.45. The van der Waals surface area contributed by atoms with Gasteiger partial charge in [-0.25, -0.2) is 0 Å². The van der Waals surface area contributed by atoms with Gasteiger partial charge in [-0.15, -0.1) is 0 Å². The molecule has 0 bridgehead atoms. The van der Waals surface area contributed by atoms with Crippen LogP contribution in [0.3, 0.4) is 0 Å². The lowest BCUT2D eigenvalue weighted by atomic mass is 10.1. The highest BCUT2D eigenvalue weighted by atomic mass is 15.0. The quantitative estimate of drug-likeness (QED) is 0.768. The minimum atomic E-state index is 0.479. The molecule has 2 rings (SSSR count). The molecule has 1 fully saturated rings. The molecule has 0 heterocycles. The minimum absolute atomic E-state index is 0.479. The SMILES string of the molecule is CC1(C)CC1Nc1ccc(CN)cc1. The number of hydrogen-bond acceptors (Lipinski definition) is 2. The van der Waals surface area contributed by atoms with Gasteiger partial charge in [-0.05, 0) is 29.5 Å². The van der Waals surface area contributed by atoms with E-state index in [1.165, 1.54) is 17.7 Å². The molecule has 0 amide bonds. The summed E-state index contributed by atoms with van der Waals surface area (Å²) in [6, 6.07) is 9.02. The molecule has 0 aromatic heterocycles. The van der Waals surface area contributed by atoms with E-state index in [0.717, 1.165) is 0 Å². The van der Waals surface area contributed by atoms with E-state index in [2.05, 4.69) is 43.4 Å². The number of benzene rings is 1. The van der Waals surface area contributed by atoms with Crippen LogP contribution in [-0.2, 0) is 6.54 Å². The Morgan fingerprint density at radius 2 is 1.93 bits per heavy atom. The Morgan fingerprint density at radius 3 is 2.36 bits per heavy atom. The van der Waals surface area contributed by atoms with Crippen LogP contribution in [0.1, 0.15) is 25.8 Å². The molecule has 0 aliphatic heterocycles. The second kappa shape index (κ2) is 3.28. The van der Waals surface area contributed by atoms with Crippen molar-refractivity contribution in [1.82, 2.24) is 0 Å². The normalized spacial score (nSPS) is 23.2. The van der Waals surface area contributed by atoms with Gasteiger partial charge >= 0.3 is 0 Å². The van der Waals surface area contributed by atoms with Crippen molar-refractivity contribution in [3.8, 4) is 0 Å². The number of nitrogens with two attached hydrogens (primary N) is 1. The summed E-state index contributed by atoms with van der Waals surface area (Å²) < 4.78 is 0. The summed E-state index contributed by atoms with van der Waals surface area (Å²) in [5, 5.41) is 3.52. The zero-order valence-electron chi connectivity index (χ0n) is 8.88. The van der Waals surface area contributed by atoms with Crippen molar-refractivity contribution in [2.24, 2.45) is 11.1 Å². The summed E-state index contributed by atoms with van der Waals surface area (Å²) >= 11 is 0. The maximum absolute atomic E-state index is 5.54. The Hall–Kier alpha value is -1.02. The van der Waals surface area contributed by atoms with Gasteiger partial charge in [0, 0.05) is 18.3 Å². The van der Waals surface area contributed by atoms with Crippen LogP contribution >= 0.6 is 0 Å². The van der Waals surface area contributed by atoms with Crippen LogP contribution in [0, 0.1) is 5.41 Å². The summed E-state index contributed by atoms with van der Waals surface area (Å²) in [5.41, 5.74) is 8.41. The molecule has 1 atom stereocenters. The van der Waals surface area contributed by atoms with E-state index in [1.807, 2.05) is 0 Å². The fourth-order valence-corrected chi connectivity index (χ4v) is 1.65. The highest BCUT2D eigenvalue weighted by Crippen LogP contribution is 2.46. The zero-order chi connectivity index (χ0) is 10.2. The predicted molar refractivity (Wildman–Crippen MR) is 60.1 cm³/mol. The number of rotatable bonds is 3. The summed E-state index contributed by atoms with van der Waals surface area (Å²) in [7, 11) is 0. The third-order valence-corrected chi connectivity index (χ3v) is 3.04. The molecule has 1 unspecified atom stereocenters. The predicted octanol–water partition coefficient (Wildman–Crippen LogP) is 2.36. The Bertz CT molecular complexity index is 314. The van der Waals surface area contributed by atoms with Crippen molar-refractivity contribution in [3.63, 3.8) is 0 Å². The van der Waals surface area contributed by atoms with Gasteiger partial charge in [0.15, 0.2) is 0 Å². The lowest BCUT2D eigenvalue weighted by Gasteiger charge is -2.08. The Morgan fingerprint density at radius 1 is 1.36 bits per heavy atom. The molecule has 1 aliphatic carbocycles. The van der Waals surface area contributed by atoms with Crippen LogP contribution in [0.5, 0.6) is 0 Å². The molecule has 1 aromatic rings. The average molecular weight is 190 g/mol. The van der Waals surface area contributed by atoms with Gasteiger partial charge in [0.2, 0.25) is 0 Å². The van der Waals surface area contributed by atoms with Crippen molar-refractivity contribution >= 4 is 5.69 Å². The molecule has 1 aromatic carbocycles. The van der Waals surface area contributed by atoms with Gasteiger partial charge < -0.3 is 11.1 Å². The first-order valence-corrected chi connectivity index (χ1v) is 5.17. The van der Waals surface area contributed by atoms with Crippen LogP contribution in [0.25, 0.3) is 0 Å². The van der Waals surface area contributed by atoms with Crippen molar-refractivity contribution in [2.45, 2.75) is 32.9 Å². The van der Waals surface area contributed by atoms with Crippen LogP contribution in [0.15, 0.2) is 24.3 Å². The topological polar surface area (TPSA) is 38.0 Å². The van der Waals surface area contributed by atoms with Gasteiger partial charge in [-0.3, -0.25) is 0 Å². The van der Waals surface area contributed by atoms with Crippen molar-refractivity contribution < 1.29 is 0 Å². The fraction of sp³-hybridized carbons (Fsp3) is 0.500. The van der Waals surface area contributed by atoms with Gasteiger partial charge in [0.25, 0.3) is 0 Å². The Kier molecular flexibility index (Phi) is 2.23. The molecule has 76 valence electrons. The van der Waals surface area contributed by atoms with Gasteiger partial charge in [-0.2, -0.15) is 0 Å². The molecule has 0 spiro atoms. The van der Waals surface area contributed by atoms with Crippen LogP contribution in [0.4, 0.5) is 5.69 Å². The number of anilines is 1. The van der Waals surface area contributed by atoms with E-state index in [4.69, 9.17) is 5.73 Å². The van der Waals surface area contributed by atoms with E-state index in [-0.39, 0.29) is 0 Å². The molecule has 0 saturated heterocycles. The van der Waals surface area contributed by atoms with E-state index in [9.17, 15) is 0 Å². The van der Waals surface area contributed by atoms with Gasteiger partial charge in [0.1, 0.15) is 0 Å². The molecule has 2 nitrogen and oxygen atoms in total. The summed E-state index contributed by atoms with van der Waals surface area (Å²) in [4.78, 5) is 0.